The maximum atomic E-state index is 14.0. The zero-order valence-corrected chi connectivity index (χ0v) is 17.3. The maximum absolute atomic E-state index is 14.0. The van der Waals surface area contributed by atoms with Crippen LogP contribution in [0.25, 0.3) is 0 Å². The Kier molecular flexibility index (Phi) is 6.70. The molecule has 0 spiro atoms. The van der Waals surface area contributed by atoms with Crippen molar-refractivity contribution in [2.24, 2.45) is 5.73 Å². The molecule has 0 bridgehead atoms. The Hall–Kier alpha value is -2.47. The molecule has 1 aliphatic heterocycles. The minimum Gasteiger partial charge on any atom is -0.387 e. The molecule has 5 N–H and O–H groups in total. The number of benzene rings is 1. The monoisotopic (exact) mass is 458 g/mol. The number of aliphatic hydroxyl groups is 2. The standard InChI is InChI=1S/C18H21FN3O8P/c1-17(26)14(24)18(9-19,29-15(17)22-7-6-13(23)21-16(22)25)10-28-31(27)30-12-4-2-11(8-20)3-5-12/h2-7,14-15,24,26H,8-10,20H2,1H3/p+1/t14-,15+,17+,18+/m0/s1. The van der Waals surface area contributed by atoms with Gasteiger partial charge in [-0.1, -0.05) is 12.1 Å². The highest BCUT2D eigenvalue weighted by Crippen LogP contribution is 2.45. The SMILES string of the molecule is C[C@@]1(O)[C@H](O)[C@@](CF)(CO[P+](=O)Oc2ccc(CN)cc2)O[C@H]1n1ccc(=O)[nH]c1=O. The second kappa shape index (κ2) is 8.95. The molecule has 2 heterocycles. The summed E-state index contributed by atoms with van der Waals surface area (Å²) in [7, 11) is -2.79. The lowest BCUT2D eigenvalue weighted by Crippen LogP contribution is -2.53. The average Bonchev–Trinajstić information content (AvgIpc) is 2.94. The Labute approximate surface area is 176 Å². The summed E-state index contributed by atoms with van der Waals surface area (Å²) in [5.41, 5.74) is 0.402. The lowest BCUT2D eigenvalue weighted by molar-refractivity contribution is -0.135. The van der Waals surface area contributed by atoms with Crippen LogP contribution in [0.1, 0.15) is 18.7 Å². The normalized spacial score (nSPS) is 28.5. The second-order valence-corrected chi connectivity index (χ2v) is 8.14. The smallest absolute Gasteiger partial charge is 0.387 e. The molecule has 168 valence electrons. The molecule has 1 aliphatic rings. The fourth-order valence-electron chi connectivity index (χ4n) is 3.24. The highest BCUT2D eigenvalue weighted by atomic mass is 31.1. The fourth-order valence-corrected chi connectivity index (χ4v) is 3.91. The van der Waals surface area contributed by atoms with Crippen LogP contribution in [0.2, 0.25) is 0 Å². The molecule has 1 unspecified atom stereocenters. The summed E-state index contributed by atoms with van der Waals surface area (Å²) in [6, 6.07) is 7.37. The van der Waals surface area contributed by atoms with E-state index < -0.39 is 56.3 Å². The van der Waals surface area contributed by atoms with Crippen LogP contribution in [-0.2, 0) is 20.4 Å². The van der Waals surface area contributed by atoms with Gasteiger partial charge >= 0.3 is 13.9 Å². The number of aromatic nitrogens is 2. The zero-order valence-electron chi connectivity index (χ0n) is 16.4. The molecule has 2 aromatic rings. The molecule has 3 rings (SSSR count). The van der Waals surface area contributed by atoms with Gasteiger partial charge in [0.25, 0.3) is 5.56 Å². The van der Waals surface area contributed by atoms with Gasteiger partial charge < -0.3 is 20.7 Å². The highest BCUT2D eigenvalue weighted by Gasteiger charge is 2.63. The first-order valence-corrected chi connectivity index (χ1v) is 10.3. The predicted octanol–water partition coefficient (Wildman–Crippen LogP) is 0.0973. The highest BCUT2D eigenvalue weighted by molar-refractivity contribution is 7.33. The van der Waals surface area contributed by atoms with Gasteiger partial charge in [0, 0.05) is 23.4 Å². The number of hydrogen-bond acceptors (Lipinski definition) is 9. The summed E-state index contributed by atoms with van der Waals surface area (Å²) >= 11 is 0. The van der Waals surface area contributed by atoms with Crippen LogP contribution in [-0.4, -0.2) is 50.4 Å². The third-order valence-corrected chi connectivity index (χ3v) is 5.68. The van der Waals surface area contributed by atoms with Crippen LogP contribution in [0, 0.1) is 0 Å². The Bertz CT molecular complexity index is 1060. The van der Waals surface area contributed by atoms with Crippen molar-refractivity contribution in [1.82, 2.24) is 9.55 Å². The molecular formula is C18H22FN3O8P+. The van der Waals surface area contributed by atoms with Gasteiger partial charge in [0.2, 0.25) is 0 Å². The first-order chi connectivity index (χ1) is 14.6. The van der Waals surface area contributed by atoms with Crippen molar-refractivity contribution in [1.29, 1.82) is 0 Å². The van der Waals surface area contributed by atoms with Crippen LogP contribution in [0.5, 0.6) is 5.75 Å². The predicted molar refractivity (Wildman–Crippen MR) is 105 cm³/mol. The molecule has 1 saturated heterocycles. The van der Waals surface area contributed by atoms with Crippen molar-refractivity contribution in [3.8, 4) is 5.75 Å². The minimum atomic E-state index is -2.79. The van der Waals surface area contributed by atoms with Gasteiger partial charge in [-0.05, 0) is 24.6 Å². The van der Waals surface area contributed by atoms with E-state index in [2.05, 4.69) is 0 Å². The minimum absolute atomic E-state index is 0.213. The van der Waals surface area contributed by atoms with Gasteiger partial charge in [-0.15, -0.1) is 4.52 Å². The summed E-state index contributed by atoms with van der Waals surface area (Å²) < 4.78 is 42.6. The molecule has 0 saturated carbocycles. The fraction of sp³-hybridized carbons (Fsp3) is 0.444. The zero-order chi connectivity index (χ0) is 22.8. The summed E-state index contributed by atoms with van der Waals surface area (Å²) in [5, 5.41) is 21.3. The van der Waals surface area contributed by atoms with E-state index in [0.717, 1.165) is 29.3 Å². The third-order valence-electron chi connectivity index (χ3n) is 4.98. The molecule has 0 radical (unpaired) electrons. The number of ether oxygens (including phenoxy) is 1. The van der Waals surface area contributed by atoms with E-state index in [1.807, 2.05) is 4.98 Å². The Morgan fingerprint density at radius 1 is 1.32 bits per heavy atom. The van der Waals surface area contributed by atoms with Gasteiger partial charge in [0.15, 0.2) is 17.6 Å². The van der Waals surface area contributed by atoms with Gasteiger partial charge in [0.1, 0.15) is 25.0 Å². The van der Waals surface area contributed by atoms with Gasteiger partial charge in [0.05, 0.1) is 0 Å². The van der Waals surface area contributed by atoms with Crippen LogP contribution in [0.15, 0.2) is 46.1 Å². The van der Waals surface area contributed by atoms with Crippen LogP contribution in [0.3, 0.4) is 0 Å². The van der Waals surface area contributed by atoms with Crippen LogP contribution < -0.4 is 21.5 Å². The first kappa shape index (κ1) is 23.2. The average molecular weight is 458 g/mol. The van der Waals surface area contributed by atoms with E-state index in [-0.39, 0.29) is 5.75 Å². The third kappa shape index (κ3) is 4.59. The number of rotatable bonds is 8. The molecular weight excluding hydrogens is 436 g/mol. The summed E-state index contributed by atoms with van der Waals surface area (Å²) in [6.07, 6.45) is -2.40. The number of nitrogens with zero attached hydrogens (tertiary/aromatic N) is 1. The number of hydrogen-bond donors (Lipinski definition) is 4. The largest absolute Gasteiger partial charge is 0.750 e. The molecule has 1 fully saturated rings. The summed E-state index contributed by atoms with van der Waals surface area (Å²) in [5.74, 6) is 0.213. The molecule has 31 heavy (non-hydrogen) atoms. The van der Waals surface area contributed by atoms with Crippen LogP contribution in [0.4, 0.5) is 4.39 Å². The molecule has 1 aromatic heterocycles. The van der Waals surface area contributed by atoms with Crippen LogP contribution >= 0.6 is 8.25 Å². The number of nitrogens with one attached hydrogen (secondary N) is 1. The van der Waals surface area contributed by atoms with E-state index in [1.165, 1.54) is 12.1 Å². The van der Waals surface area contributed by atoms with Gasteiger partial charge in [-0.25, -0.2) is 13.7 Å². The molecule has 0 aliphatic carbocycles. The summed E-state index contributed by atoms with van der Waals surface area (Å²) in [6.45, 7) is -0.651. The topological polar surface area (TPSA) is 166 Å². The van der Waals surface area contributed by atoms with Crippen molar-refractivity contribution in [2.45, 2.75) is 37.0 Å². The molecule has 13 heteroatoms. The lowest BCUT2D eigenvalue weighted by atomic mass is 9.88. The van der Waals surface area contributed by atoms with Crippen molar-refractivity contribution in [3.05, 3.63) is 62.9 Å². The van der Waals surface area contributed by atoms with Crippen molar-refractivity contribution in [3.63, 3.8) is 0 Å². The van der Waals surface area contributed by atoms with Crippen molar-refractivity contribution >= 4 is 8.25 Å². The van der Waals surface area contributed by atoms with Gasteiger partial charge in [-0.3, -0.25) is 14.3 Å². The van der Waals surface area contributed by atoms with Gasteiger partial charge in [-0.2, -0.15) is 0 Å². The Morgan fingerprint density at radius 2 is 2.00 bits per heavy atom. The van der Waals surface area contributed by atoms with Crippen molar-refractivity contribution < 1.29 is 33.0 Å². The van der Waals surface area contributed by atoms with E-state index in [1.54, 1.807) is 12.1 Å². The number of aromatic amines is 1. The second-order valence-electron chi connectivity index (χ2n) is 7.25. The number of nitrogens with two attached hydrogens (primary N) is 1. The number of halogens is 1. The first-order valence-electron chi connectivity index (χ1n) is 9.16. The molecule has 1 aromatic carbocycles. The van der Waals surface area contributed by atoms with E-state index in [9.17, 15) is 28.8 Å². The van der Waals surface area contributed by atoms with E-state index >= 15 is 0 Å². The maximum Gasteiger partial charge on any atom is 0.750 e. The molecule has 0 amide bonds. The number of alkyl halides is 1. The number of aliphatic hydroxyl groups excluding tert-OH is 1. The molecule has 11 nitrogen and oxygen atoms in total. The van der Waals surface area contributed by atoms with Crippen molar-refractivity contribution in [2.75, 3.05) is 13.3 Å². The Balaban J connectivity index is 1.76. The molecule has 5 atom stereocenters. The lowest BCUT2D eigenvalue weighted by Gasteiger charge is -2.29. The van der Waals surface area contributed by atoms with E-state index in [0.29, 0.717) is 6.54 Å². The van der Waals surface area contributed by atoms with E-state index in [4.69, 9.17) is 19.5 Å². The summed E-state index contributed by atoms with van der Waals surface area (Å²) in [4.78, 5) is 25.3. The Morgan fingerprint density at radius 3 is 2.58 bits per heavy atom. The quantitative estimate of drug-likeness (QED) is 0.401. The number of H-pyrrole nitrogens is 1.